The zero-order valence-electron chi connectivity index (χ0n) is 14.5. The summed E-state index contributed by atoms with van der Waals surface area (Å²) in [6.07, 6.45) is 0.620. The van der Waals surface area contributed by atoms with Gasteiger partial charge in [0, 0.05) is 37.2 Å². The molecule has 130 valence electrons. The molecule has 3 rings (SSSR count). The van der Waals surface area contributed by atoms with Crippen LogP contribution in [0.2, 0.25) is 0 Å². The Bertz CT molecular complexity index is 726. The first kappa shape index (κ1) is 16.7. The molecule has 7 nitrogen and oxygen atoms in total. The van der Waals surface area contributed by atoms with E-state index in [1.807, 2.05) is 10.7 Å². The van der Waals surface area contributed by atoms with E-state index >= 15 is 0 Å². The fourth-order valence-corrected chi connectivity index (χ4v) is 2.94. The molecule has 0 fully saturated rings. The molecule has 0 atom stereocenters. The van der Waals surface area contributed by atoms with Crippen LogP contribution in [0, 0.1) is 0 Å². The minimum Gasteiger partial charge on any atom is -0.481 e. The van der Waals surface area contributed by atoms with Crippen LogP contribution in [0.1, 0.15) is 50.0 Å². The Balaban J connectivity index is 1.62. The van der Waals surface area contributed by atoms with Crippen LogP contribution in [0.5, 0.6) is 0 Å². The number of hydrogen-bond donors (Lipinski definition) is 2. The summed E-state index contributed by atoms with van der Waals surface area (Å²) in [5.74, 6) is -0.781. The number of nitrogens with zero attached hydrogens (tertiary/aromatic N) is 4. The predicted molar refractivity (Wildman–Crippen MR) is 89.6 cm³/mol. The van der Waals surface area contributed by atoms with Gasteiger partial charge >= 0.3 is 5.97 Å². The van der Waals surface area contributed by atoms with Gasteiger partial charge in [-0.2, -0.15) is 10.2 Å². The fourth-order valence-electron chi connectivity index (χ4n) is 2.94. The van der Waals surface area contributed by atoms with Crippen LogP contribution in [0.15, 0.2) is 12.1 Å². The molecule has 0 aliphatic carbocycles. The molecule has 0 radical (unpaired) electrons. The van der Waals surface area contributed by atoms with Crippen molar-refractivity contribution in [1.82, 2.24) is 24.9 Å². The Morgan fingerprint density at radius 3 is 2.79 bits per heavy atom. The normalized spacial score (nSPS) is 15.5. The van der Waals surface area contributed by atoms with E-state index in [4.69, 9.17) is 5.11 Å². The van der Waals surface area contributed by atoms with Crippen molar-refractivity contribution in [1.29, 1.82) is 0 Å². The molecule has 0 aromatic carbocycles. The van der Waals surface area contributed by atoms with E-state index in [2.05, 4.69) is 47.0 Å². The molecule has 0 spiro atoms. The van der Waals surface area contributed by atoms with Crippen molar-refractivity contribution >= 4 is 5.97 Å². The molecule has 1 aliphatic heterocycles. The third-order valence-corrected chi connectivity index (χ3v) is 4.32. The molecule has 7 heteroatoms. The lowest BCUT2D eigenvalue weighted by molar-refractivity contribution is -0.136. The second-order valence-corrected chi connectivity index (χ2v) is 7.48. The Morgan fingerprint density at radius 1 is 1.33 bits per heavy atom. The van der Waals surface area contributed by atoms with E-state index in [1.165, 1.54) is 0 Å². The summed E-state index contributed by atoms with van der Waals surface area (Å²) >= 11 is 0. The number of aryl methyl sites for hydroxylation is 1. The van der Waals surface area contributed by atoms with Gasteiger partial charge in [-0.1, -0.05) is 20.8 Å². The maximum absolute atomic E-state index is 10.7. The molecule has 0 bridgehead atoms. The number of rotatable bonds is 5. The maximum atomic E-state index is 10.7. The first-order chi connectivity index (χ1) is 11.3. The molecule has 0 unspecified atom stereocenters. The van der Waals surface area contributed by atoms with E-state index in [0.29, 0.717) is 6.42 Å². The Kier molecular flexibility index (Phi) is 4.45. The van der Waals surface area contributed by atoms with Crippen molar-refractivity contribution < 1.29 is 9.90 Å². The highest BCUT2D eigenvalue weighted by atomic mass is 16.4. The quantitative estimate of drug-likeness (QED) is 0.874. The van der Waals surface area contributed by atoms with Gasteiger partial charge < -0.3 is 5.11 Å². The summed E-state index contributed by atoms with van der Waals surface area (Å²) in [6, 6.07) is 4.17. The second-order valence-electron chi connectivity index (χ2n) is 7.48. The highest BCUT2D eigenvalue weighted by molar-refractivity contribution is 5.66. The number of carboxylic acids is 1. The minimum atomic E-state index is -0.781. The van der Waals surface area contributed by atoms with Gasteiger partial charge in [-0.25, -0.2) is 0 Å². The van der Waals surface area contributed by atoms with E-state index in [1.54, 1.807) is 0 Å². The van der Waals surface area contributed by atoms with Crippen molar-refractivity contribution in [3.63, 3.8) is 0 Å². The van der Waals surface area contributed by atoms with Crippen LogP contribution in [0.4, 0.5) is 0 Å². The molecule has 0 saturated carbocycles. The van der Waals surface area contributed by atoms with Crippen molar-refractivity contribution in [2.45, 2.75) is 58.7 Å². The summed E-state index contributed by atoms with van der Waals surface area (Å²) in [7, 11) is 0. The molecule has 1 aliphatic rings. The number of aromatic nitrogens is 4. The molecule has 2 aromatic rings. The molecular weight excluding hydrogens is 306 g/mol. The zero-order chi connectivity index (χ0) is 17.3. The van der Waals surface area contributed by atoms with Crippen molar-refractivity contribution in [3.05, 3.63) is 34.9 Å². The lowest BCUT2D eigenvalue weighted by Crippen LogP contribution is -2.33. The average Bonchev–Trinajstić information content (AvgIpc) is 3.10. The second kappa shape index (κ2) is 6.39. The van der Waals surface area contributed by atoms with Crippen LogP contribution >= 0.6 is 0 Å². The molecule has 0 saturated heterocycles. The lowest BCUT2D eigenvalue weighted by atomic mass is 9.92. The number of nitrogens with one attached hydrogen (secondary N) is 1. The van der Waals surface area contributed by atoms with E-state index in [9.17, 15) is 4.79 Å². The summed E-state index contributed by atoms with van der Waals surface area (Å²) in [4.78, 5) is 13.1. The minimum absolute atomic E-state index is 0.0499. The SMILES string of the molecule is CC(C)(C)c1cc(CN2CCn3nc(CCC(=O)O)cc3C2)[nH]n1. The zero-order valence-corrected chi connectivity index (χ0v) is 14.5. The highest BCUT2D eigenvalue weighted by Gasteiger charge is 2.21. The first-order valence-electron chi connectivity index (χ1n) is 8.36. The van der Waals surface area contributed by atoms with Crippen LogP contribution < -0.4 is 0 Å². The number of hydrogen-bond acceptors (Lipinski definition) is 4. The third-order valence-electron chi connectivity index (χ3n) is 4.32. The molecular formula is C17H25N5O2. The van der Waals surface area contributed by atoms with Crippen LogP contribution in [0.3, 0.4) is 0 Å². The summed E-state index contributed by atoms with van der Waals surface area (Å²) in [6.45, 7) is 9.89. The van der Waals surface area contributed by atoms with E-state index < -0.39 is 5.97 Å². The van der Waals surface area contributed by atoms with E-state index in [-0.39, 0.29) is 11.8 Å². The molecule has 2 N–H and O–H groups in total. The Labute approximate surface area is 141 Å². The monoisotopic (exact) mass is 331 g/mol. The summed E-state index contributed by atoms with van der Waals surface area (Å²) in [5, 5.41) is 20.9. The van der Waals surface area contributed by atoms with Crippen molar-refractivity contribution in [3.8, 4) is 0 Å². The van der Waals surface area contributed by atoms with Gasteiger partial charge in [0.05, 0.1) is 30.0 Å². The number of carboxylic acid groups (broad SMARTS) is 1. The summed E-state index contributed by atoms with van der Waals surface area (Å²) < 4.78 is 2.00. The van der Waals surface area contributed by atoms with Crippen LogP contribution in [0.25, 0.3) is 0 Å². The maximum Gasteiger partial charge on any atom is 0.303 e. The number of fused-ring (bicyclic) bond motifs is 1. The highest BCUT2D eigenvalue weighted by Crippen LogP contribution is 2.22. The van der Waals surface area contributed by atoms with Gasteiger partial charge in [-0.05, 0) is 12.1 Å². The number of aromatic amines is 1. The van der Waals surface area contributed by atoms with Gasteiger partial charge in [-0.15, -0.1) is 0 Å². The molecule has 3 heterocycles. The standard InChI is InChI=1S/C17H25N5O2/c1-17(2,3)15-9-13(18-19-15)10-21-6-7-22-14(11-21)8-12(20-22)4-5-16(23)24/h8-9H,4-7,10-11H2,1-3H3,(H,18,19)(H,23,24). The topological polar surface area (TPSA) is 87.0 Å². The summed E-state index contributed by atoms with van der Waals surface area (Å²) in [5.41, 5.74) is 4.27. The van der Waals surface area contributed by atoms with Crippen molar-refractivity contribution in [2.24, 2.45) is 0 Å². The smallest absolute Gasteiger partial charge is 0.303 e. The number of aliphatic carboxylic acids is 1. The lowest BCUT2D eigenvalue weighted by Gasteiger charge is -2.26. The number of carbonyl (C=O) groups is 1. The largest absolute Gasteiger partial charge is 0.481 e. The van der Waals surface area contributed by atoms with Gasteiger partial charge in [-0.3, -0.25) is 19.5 Å². The molecule has 0 amide bonds. The molecule has 2 aromatic heterocycles. The fraction of sp³-hybridized carbons (Fsp3) is 0.588. The third kappa shape index (κ3) is 3.84. The van der Waals surface area contributed by atoms with Gasteiger partial charge in [0.1, 0.15) is 0 Å². The predicted octanol–water partition coefficient (Wildman–Crippen LogP) is 1.94. The van der Waals surface area contributed by atoms with E-state index in [0.717, 1.165) is 49.0 Å². The Morgan fingerprint density at radius 2 is 2.12 bits per heavy atom. The van der Waals surface area contributed by atoms with Gasteiger partial charge in [0.25, 0.3) is 0 Å². The number of H-pyrrole nitrogens is 1. The first-order valence-corrected chi connectivity index (χ1v) is 8.36. The van der Waals surface area contributed by atoms with Crippen molar-refractivity contribution in [2.75, 3.05) is 6.54 Å². The molecule has 24 heavy (non-hydrogen) atoms. The van der Waals surface area contributed by atoms with Crippen LogP contribution in [-0.4, -0.2) is 42.5 Å². The van der Waals surface area contributed by atoms with Crippen LogP contribution in [-0.2, 0) is 36.3 Å². The van der Waals surface area contributed by atoms with Gasteiger partial charge in [0.2, 0.25) is 0 Å². The Hall–Kier alpha value is -2.15. The van der Waals surface area contributed by atoms with Gasteiger partial charge in [0.15, 0.2) is 0 Å². The average molecular weight is 331 g/mol.